The second kappa shape index (κ2) is 5.20. The molecule has 0 aliphatic rings. The van der Waals surface area contributed by atoms with Crippen LogP contribution in [0, 0.1) is 19.7 Å². The highest BCUT2D eigenvalue weighted by atomic mass is 79.9. The Morgan fingerprint density at radius 1 is 1.39 bits per heavy atom. The van der Waals surface area contributed by atoms with Crippen molar-refractivity contribution in [1.29, 1.82) is 0 Å². The highest BCUT2D eigenvalue weighted by molar-refractivity contribution is 9.10. The largest absolute Gasteiger partial charge is 0.330 e. The predicted molar refractivity (Wildman–Crippen MR) is 73.5 cm³/mol. The first-order valence-electron chi connectivity index (χ1n) is 5.75. The Morgan fingerprint density at radius 3 is 2.67 bits per heavy atom. The summed E-state index contributed by atoms with van der Waals surface area (Å²) in [6.07, 6.45) is 0.628. The zero-order valence-corrected chi connectivity index (χ0v) is 12.0. The molecule has 0 spiro atoms. The second-order valence-corrected chi connectivity index (χ2v) is 5.00. The monoisotopic (exact) mass is 311 g/mol. The topological polar surface area (TPSA) is 43.8 Å². The Morgan fingerprint density at radius 2 is 2.11 bits per heavy atom. The Kier molecular flexibility index (Phi) is 3.82. The van der Waals surface area contributed by atoms with Gasteiger partial charge in [-0.15, -0.1) is 0 Å². The fourth-order valence-corrected chi connectivity index (χ4v) is 2.22. The minimum absolute atomic E-state index is 0.247. The Labute approximate surface area is 114 Å². The molecule has 3 nitrogen and oxygen atoms in total. The van der Waals surface area contributed by atoms with Crippen LogP contribution in [0.3, 0.4) is 0 Å². The molecule has 0 aliphatic heterocycles. The van der Waals surface area contributed by atoms with Crippen molar-refractivity contribution in [1.82, 2.24) is 9.78 Å². The molecule has 0 saturated heterocycles. The first kappa shape index (κ1) is 13.2. The Bertz CT molecular complexity index is 578. The van der Waals surface area contributed by atoms with Gasteiger partial charge < -0.3 is 5.73 Å². The van der Waals surface area contributed by atoms with E-state index in [4.69, 9.17) is 5.73 Å². The van der Waals surface area contributed by atoms with E-state index in [0.717, 1.165) is 27.1 Å². The van der Waals surface area contributed by atoms with Gasteiger partial charge in [0.2, 0.25) is 0 Å². The molecule has 0 amide bonds. The Hall–Kier alpha value is -1.20. The molecule has 0 radical (unpaired) electrons. The molecular formula is C13H15BrFN3. The summed E-state index contributed by atoms with van der Waals surface area (Å²) in [5.74, 6) is -0.247. The summed E-state index contributed by atoms with van der Waals surface area (Å²) >= 11 is 3.49. The van der Waals surface area contributed by atoms with E-state index >= 15 is 0 Å². The van der Waals surface area contributed by atoms with Crippen molar-refractivity contribution in [3.8, 4) is 5.69 Å². The van der Waals surface area contributed by atoms with Crippen LogP contribution in [-0.2, 0) is 6.42 Å². The van der Waals surface area contributed by atoms with Crippen LogP contribution in [0.1, 0.15) is 17.0 Å². The molecule has 1 heterocycles. The number of nitrogens with zero attached hydrogens (tertiary/aromatic N) is 2. The molecule has 0 bridgehead atoms. The van der Waals surface area contributed by atoms with Gasteiger partial charge in [0, 0.05) is 0 Å². The standard InChI is InChI=1S/C13H15BrFN3/c1-8-13(14)9(2)18(17-8)12-4-3-11(15)7-10(12)5-6-16/h3-4,7H,5-6,16H2,1-2H3. The molecule has 2 rings (SSSR count). The molecule has 2 aromatic rings. The maximum absolute atomic E-state index is 13.3. The van der Waals surface area contributed by atoms with Crippen molar-refractivity contribution < 1.29 is 4.39 Å². The van der Waals surface area contributed by atoms with Gasteiger partial charge in [-0.1, -0.05) is 0 Å². The lowest BCUT2D eigenvalue weighted by molar-refractivity contribution is 0.623. The summed E-state index contributed by atoms with van der Waals surface area (Å²) in [5, 5.41) is 4.46. The van der Waals surface area contributed by atoms with Gasteiger partial charge in [0.05, 0.1) is 21.5 Å². The van der Waals surface area contributed by atoms with Crippen molar-refractivity contribution in [2.45, 2.75) is 20.3 Å². The molecular weight excluding hydrogens is 297 g/mol. The van der Waals surface area contributed by atoms with Crippen LogP contribution in [0.25, 0.3) is 5.69 Å². The minimum Gasteiger partial charge on any atom is -0.330 e. The molecule has 18 heavy (non-hydrogen) atoms. The summed E-state index contributed by atoms with van der Waals surface area (Å²) in [6.45, 7) is 4.39. The lowest BCUT2D eigenvalue weighted by Gasteiger charge is -2.10. The molecule has 5 heteroatoms. The molecule has 0 saturated carbocycles. The zero-order chi connectivity index (χ0) is 13.3. The van der Waals surface area contributed by atoms with E-state index in [-0.39, 0.29) is 5.82 Å². The first-order chi connectivity index (χ1) is 8.54. The number of benzene rings is 1. The SMILES string of the molecule is Cc1nn(-c2ccc(F)cc2CCN)c(C)c1Br. The van der Waals surface area contributed by atoms with Gasteiger partial charge in [-0.3, -0.25) is 0 Å². The van der Waals surface area contributed by atoms with Gasteiger partial charge in [-0.2, -0.15) is 5.10 Å². The molecule has 1 aromatic heterocycles. The first-order valence-corrected chi connectivity index (χ1v) is 6.54. The summed E-state index contributed by atoms with van der Waals surface area (Å²) in [6, 6.07) is 4.71. The highest BCUT2D eigenvalue weighted by Gasteiger charge is 2.13. The third kappa shape index (κ3) is 2.33. The predicted octanol–water partition coefficient (Wildman–Crippen LogP) is 2.89. The van der Waals surface area contributed by atoms with E-state index in [1.165, 1.54) is 12.1 Å². The quantitative estimate of drug-likeness (QED) is 0.947. The van der Waals surface area contributed by atoms with E-state index in [1.54, 1.807) is 6.07 Å². The van der Waals surface area contributed by atoms with Gasteiger partial charge in [-0.25, -0.2) is 9.07 Å². The fraction of sp³-hybridized carbons (Fsp3) is 0.308. The third-order valence-electron chi connectivity index (χ3n) is 2.89. The number of hydrogen-bond acceptors (Lipinski definition) is 2. The average molecular weight is 312 g/mol. The van der Waals surface area contributed by atoms with Crippen LogP contribution in [0.4, 0.5) is 4.39 Å². The lowest BCUT2D eigenvalue weighted by atomic mass is 10.1. The maximum Gasteiger partial charge on any atom is 0.123 e. The second-order valence-electron chi connectivity index (χ2n) is 4.21. The van der Waals surface area contributed by atoms with E-state index in [1.807, 2.05) is 18.5 Å². The number of rotatable bonds is 3. The number of aryl methyl sites for hydroxylation is 1. The van der Waals surface area contributed by atoms with Crippen molar-refractivity contribution in [2.75, 3.05) is 6.54 Å². The van der Waals surface area contributed by atoms with Gasteiger partial charge in [0.1, 0.15) is 5.82 Å². The van der Waals surface area contributed by atoms with E-state index in [9.17, 15) is 4.39 Å². The van der Waals surface area contributed by atoms with Crippen LogP contribution >= 0.6 is 15.9 Å². The summed E-state index contributed by atoms with van der Waals surface area (Å²) in [7, 11) is 0. The molecule has 0 unspecified atom stereocenters. The van der Waals surface area contributed by atoms with Crippen molar-refractivity contribution >= 4 is 15.9 Å². The van der Waals surface area contributed by atoms with Crippen LogP contribution < -0.4 is 5.73 Å². The van der Waals surface area contributed by atoms with E-state index in [2.05, 4.69) is 21.0 Å². The van der Waals surface area contributed by atoms with Crippen LogP contribution in [-0.4, -0.2) is 16.3 Å². The van der Waals surface area contributed by atoms with Crippen molar-refractivity contribution in [3.63, 3.8) is 0 Å². The molecule has 1 aromatic carbocycles. The van der Waals surface area contributed by atoms with Crippen LogP contribution in [0.15, 0.2) is 22.7 Å². The number of aromatic nitrogens is 2. The molecule has 96 valence electrons. The molecule has 2 N–H and O–H groups in total. The summed E-state index contributed by atoms with van der Waals surface area (Å²) in [5.41, 5.74) is 9.23. The normalized spacial score (nSPS) is 10.9. The zero-order valence-electron chi connectivity index (χ0n) is 10.4. The van der Waals surface area contributed by atoms with Gasteiger partial charge in [0.25, 0.3) is 0 Å². The number of hydrogen-bond donors (Lipinski definition) is 1. The summed E-state index contributed by atoms with van der Waals surface area (Å²) in [4.78, 5) is 0. The van der Waals surface area contributed by atoms with E-state index < -0.39 is 0 Å². The molecule has 0 fully saturated rings. The molecule has 0 aliphatic carbocycles. The fourth-order valence-electron chi connectivity index (χ4n) is 1.97. The number of halogens is 2. The van der Waals surface area contributed by atoms with E-state index in [0.29, 0.717) is 13.0 Å². The van der Waals surface area contributed by atoms with Crippen molar-refractivity contribution in [2.24, 2.45) is 5.73 Å². The summed E-state index contributed by atoms with van der Waals surface area (Å²) < 4.78 is 16.1. The average Bonchev–Trinajstić information content (AvgIpc) is 2.58. The number of nitrogens with two attached hydrogens (primary N) is 1. The van der Waals surface area contributed by atoms with Gasteiger partial charge >= 0.3 is 0 Å². The lowest BCUT2D eigenvalue weighted by Crippen LogP contribution is -2.09. The van der Waals surface area contributed by atoms with Crippen LogP contribution in [0.5, 0.6) is 0 Å². The third-order valence-corrected chi connectivity index (χ3v) is 4.03. The Balaban J connectivity index is 2.59. The van der Waals surface area contributed by atoms with Crippen LogP contribution in [0.2, 0.25) is 0 Å². The highest BCUT2D eigenvalue weighted by Crippen LogP contribution is 2.25. The van der Waals surface area contributed by atoms with Gasteiger partial charge in [0.15, 0.2) is 0 Å². The minimum atomic E-state index is -0.247. The molecule has 0 atom stereocenters. The smallest absolute Gasteiger partial charge is 0.123 e. The maximum atomic E-state index is 13.3. The van der Waals surface area contributed by atoms with Crippen molar-refractivity contribution in [3.05, 3.63) is 45.4 Å². The van der Waals surface area contributed by atoms with Gasteiger partial charge in [-0.05, 0) is 66.5 Å².